The molecule has 0 saturated heterocycles. The average molecular weight is 271 g/mol. The molecule has 0 atom stereocenters. The third-order valence-electron chi connectivity index (χ3n) is 3.36. The first kappa shape index (κ1) is 12.9. The van der Waals surface area contributed by atoms with E-state index in [0.29, 0.717) is 19.0 Å². The molecule has 104 valence electrons. The highest BCUT2D eigenvalue weighted by Crippen LogP contribution is 2.22. The fourth-order valence-corrected chi connectivity index (χ4v) is 2.50. The van der Waals surface area contributed by atoms with Crippen molar-refractivity contribution in [3.63, 3.8) is 0 Å². The lowest BCUT2D eigenvalue weighted by molar-refractivity contribution is 0.0509. The van der Waals surface area contributed by atoms with E-state index in [1.165, 1.54) is 0 Å². The van der Waals surface area contributed by atoms with Gasteiger partial charge in [-0.2, -0.15) is 0 Å². The highest BCUT2D eigenvalue weighted by atomic mass is 16.5. The summed E-state index contributed by atoms with van der Waals surface area (Å²) in [5.41, 5.74) is 2.98. The highest BCUT2D eigenvalue weighted by molar-refractivity contribution is 5.86. The van der Waals surface area contributed by atoms with E-state index >= 15 is 0 Å². The molecule has 1 aromatic carbocycles. The van der Waals surface area contributed by atoms with Crippen molar-refractivity contribution in [1.29, 1.82) is 0 Å². The van der Waals surface area contributed by atoms with Crippen LogP contribution in [0.15, 0.2) is 30.3 Å². The molecule has 1 aliphatic rings. The quantitative estimate of drug-likeness (QED) is 0.863. The van der Waals surface area contributed by atoms with E-state index < -0.39 is 0 Å². The Balaban J connectivity index is 2.14. The maximum Gasteiger partial charge on any atom is 0.374 e. The number of rotatable bonds is 3. The Morgan fingerprint density at radius 2 is 2.20 bits per heavy atom. The lowest BCUT2D eigenvalue weighted by Gasteiger charge is -2.15. The van der Waals surface area contributed by atoms with Gasteiger partial charge in [0, 0.05) is 30.9 Å². The lowest BCUT2D eigenvalue weighted by atomic mass is 10.1. The fourth-order valence-electron chi connectivity index (χ4n) is 2.50. The summed E-state index contributed by atoms with van der Waals surface area (Å²) >= 11 is 0. The number of benzene rings is 1. The summed E-state index contributed by atoms with van der Waals surface area (Å²) in [7, 11) is 0. The van der Waals surface area contributed by atoms with Crippen molar-refractivity contribution < 1.29 is 9.53 Å². The molecule has 5 heteroatoms. The number of nitrogens with one attached hydrogen (secondary N) is 1. The molecule has 0 radical (unpaired) electrons. The lowest BCUT2D eigenvalue weighted by Crippen LogP contribution is -2.24. The Hall–Kier alpha value is -2.14. The van der Waals surface area contributed by atoms with Crippen LogP contribution in [0.4, 0.5) is 0 Å². The zero-order valence-corrected chi connectivity index (χ0v) is 11.4. The number of carbonyl (C=O) groups is 1. The average Bonchev–Trinajstić information content (AvgIpc) is 2.88. The normalized spacial score (nSPS) is 13.8. The van der Waals surface area contributed by atoms with Crippen LogP contribution >= 0.6 is 0 Å². The zero-order chi connectivity index (χ0) is 13.9. The van der Waals surface area contributed by atoms with Gasteiger partial charge < -0.3 is 10.1 Å². The molecule has 5 nitrogen and oxygen atoms in total. The molecule has 0 amide bonds. The van der Waals surface area contributed by atoms with Gasteiger partial charge in [-0.15, -0.1) is 0 Å². The predicted molar refractivity (Wildman–Crippen MR) is 74.9 cm³/mol. The van der Waals surface area contributed by atoms with Crippen LogP contribution in [0.5, 0.6) is 0 Å². The SMILES string of the molecule is CCOC(=O)c1nc2c(n1-c1ccccc1)CCNC2. The van der Waals surface area contributed by atoms with Crippen LogP contribution in [0.25, 0.3) is 5.69 Å². The first-order valence-corrected chi connectivity index (χ1v) is 6.85. The van der Waals surface area contributed by atoms with E-state index in [1.54, 1.807) is 6.92 Å². The number of carbonyl (C=O) groups excluding carboxylic acids is 1. The summed E-state index contributed by atoms with van der Waals surface area (Å²) in [5, 5.41) is 3.28. The number of fused-ring (bicyclic) bond motifs is 1. The van der Waals surface area contributed by atoms with Crippen LogP contribution in [0.3, 0.4) is 0 Å². The van der Waals surface area contributed by atoms with Crippen LogP contribution < -0.4 is 5.32 Å². The van der Waals surface area contributed by atoms with E-state index in [-0.39, 0.29) is 5.97 Å². The van der Waals surface area contributed by atoms with Crippen LogP contribution in [-0.2, 0) is 17.7 Å². The molecule has 0 saturated carbocycles. The minimum absolute atomic E-state index is 0.351. The first-order valence-electron chi connectivity index (χ1n) is 6.85. The molecular weight excluding hydrogens is 254 g/mol. The number of imidazole rings is 1. The number of ether oxygens (including phenoxy) is 1. The Labute approximate surface area is 117 Å². The number of hydrogen-bond acceptors (Lipinski definition) is 4. The van der Waals surface area contributed by atoms with Crippen LogP contribution in [0, 0.1) is 0 Å². The molecule has 0 fully saturated rings. The summed E-state index contributed by atoms with van der Waals surface area (Å²) in [6.07, 6.45) is 0.858. The molecule has 2 aromatic rings. The molecule has 1 aromatic heterocycles. The van der Waals surface area contributed by atoms with Gasteiger partial charge in [0.25, 0.3) is 0 Å². The van der Waals surface area contributed by atoms with Gasteiger partial charge >= 0.3 is 5.97 Å². The van der Waals surface area contributed by atoms with E-state index in [9.17, 15) is 4.79 Å². The topological polar surface area (TPSA) is 56.1 Å². The van der Waals surface area contributed by atoms with Crippen molar-refractivity contribution in [1.82, 2.24) is 14.9 Å². The first-order chi connectivity index (χ1) is 9.81. The number of esters is 1. The molecule has 0 bridgehead atoms. The molecule has 0 unspecified atom stereocenters. The molecule has 3 rings (SSSR count). The Bertz CT molecular complexity index is 620. The van der Waals surface area contributed by atoms with Gasteiger partial charge in [0.05, 0.1) is 12.3 Å². The van der Waals surface area contributed by atoms with Crippen molar-refractivity contribution in [2.45, 2.75) is 19.9 Å². The second-order valence-electron chi connectivity index (χ2n) is 4.65. The maximum absolute atomic E-state index is 12.1. The van der Waals surface area contributed by atoms with Crippen LogP contribution in [0.1, 0.15) is 28.9 Å². The van der Waals surface area contributed by atoms with Gasteiger partial charge in [0.1, 0.15) is 0 Å². The molecule has 1 N–H and O–H groups in total. The second kappa shape index (κ2) is 5.46. The monoisotopic (exact) mass is 271 g/mol. The standard InChI is InChI=1S/C15H17N3O2/c1-2-20-15(19)14-17-12-10-16-9-8-13(12)18(14)11-6-4-3-5-7-11/h3-7,16H,2,8-10H2,1H3. The largest absolute Gasteiger partial charge is 0.460 e. The number of aromatic nitrogens is 2. The highest BCUT2D eigenvalue weighted by Gasteiger charge is 2.25. The summed E-state index contributed by atoms with van der Waals surface area (Å²) in [6.45, 7) is 3.74. The minimum atomic E-state index is -0.370. The second-order valence-corrected chi connectivity index (χ2v) is 4.65. The van der Waals surface area contributed by atoms with Gasteiger partial charge in [-0.05, 0) is 19.1 Å². The Morgan fingerprint density at radius 3 is 2.95 bits per heavy atom. The summed E-state index contributed by atoms with van der Waals surface area (Å²) < 4.78 is 7.05. The zero-order valence-electron chi connectivity index (χ0n) is 11.4. The number of hydrogen-bond donors (Lipinski definition) is 1. The van der Waals surface area contributed by atoms with E-state index in [2.05, 4.69) is 10.3 Å². The minimum Gasteiger partial charge on any atom is -0.460 e. The molecule has 0 aliphatic carbocycles. The molecular formula is C15H17N3O2. The van der Waals surface area contributed by atoms with Crippen LogP contribution in [0.2, 0.25) is 0 Å². The fraction of sp³-hybridized carbons (Fsp3) is 0.333. The van der Waals surface area contributed by atoms with Crippen molar-refractivity contribution >= 4 is 5.97 Å². The van der Waals surface area contributed by atoms with Crippen molar-refractivity contribution in [3.8, 4) is 5.69 Å². The van der Waals surface area contributed by atoms with Gasteiger partial charge in [-0.1, -0.05) is 18.2 Å². The van der Waals surface area contributed by atoms with Crippen molar-refractivity contribution in [3.05, 3.63) is 47.5 Å². The van der Waals surface area contributed by atoms with E-state index in [0.717, 1.165) is 30.0 Å². The number of para-hydroxylation sites is 1. The molecule has 1 aliphatic heterocycles. The smallest absolute Gasteiger partial charge is 0.374 e. The predicted octanol–water partition coefficient (Wildman–Crippen LogP) is 1.69. The van der Waals surface area contributed by atoms with Crippen LogP contribution in [-0.4, -0.2) is 28.7 Å². The summed E-state index contributed by atoms with van der Waals surface area (Å²) in [5.74, 6) is -0.00231. The van der Waals surface area contributed by atoms with Gasteiger partial charge in [-0.25, -0.2) is 9.78 Å². The van der Waals surface area contributed by atoms with E-state index in [4.69, 9.17) is 4.74 Å². The summed E-state index contributed by atoms with van der Waals surface area (Å²) in [6, 6.07) is 9.83. The van der Waals surface area contributed by atoms with Gasteiger partial charge in [-0.3, -0.25) is 4.57 Å². The Kier molecular flexibility index (Phi) is 3.52. The number of nitrogens with zero attached hydrogens (tertiary/aromatic N) is 2. The van der Waals surface area contributed by atoms with Gasteiger partial charge in [0.15, 0.2) is 0 Å². The Morgan fingerprint density at radius 1 is 1.40 bits per heavy atom. The third kappa shape index (κ3) is 2.20. The maximum atomic E-state index is 12.1. The van der Waals surface area contributed by atoms with E-state index in [1.807, 2.05) is 34.9 Å². The molecule has 0 spiro atoms. The summed E-state index contributed by atoms with van der Waals surface area (Å²) in [4.78, 5) is 16.6. The van der Waals surface area contributed by atoms with Crippen molar-refractivity contribution in [2.75, 3.05) is 13.2 Å². The molecule has 20 heavy (non-hydrogen) atoms. The van der Waals surface area contributed by atoms with Gasteiger partial charge in [0.2, 0.25) is 5.82 Å². The third-order valence-corrected chi connectivity index (χ3v) is 3.36. The van der Waals surface area contributed by atoms with Crippen molar-refractivity contribution in [2.24, 2.45) is 0 Å². The molecule has 2 heterocycles.